The molecule has 2 N–H and O–H groups in total. The van der Waals surface area contributed by atoms with E-state index in [4.69, 9.17) is 14.6 Å². The third-order valence-corrected chi connectivity index (χ3v) is 2.73. The Hall–Kier alpha value is -1.75. The maximum Gasteiger partial charge on any atom is 0.344 e. The number of benzene rings is 1. The molecule has 112 valence electrons. The van der Waals surface area contributed by atoms with Gasteiger partial charge in [0.2, 0.25) is 0 Å². The van der Waals surface area contributed by atoms with Gasteiger partial charge >= 0.3 is 5.97 Å². The molecule has 0 fully saturated rings. The number of hydrogen-bond donors (Lipinski definition) is 2. The average molecular weight is 281 g/mol. The van der Waals surface area contributed by atoms with Crippen molar-refractivity contribution in [1.82, 2.24) is 5.32 Å². The average Bonchev–Trinajstić information content (AvgIpc) is 2.43. The zero-order valence-corrected chi connectivity index (χ0v) is 12.3. The van der Waals surface area contributed by atoms with Crippen LogP contribution in [0.15, 0.2) is 18.2 Å². The molecule has 0 spiro atoms. The van der Waals surface area contributed by atoms with Gasteiger partial charge in [-0.15, -0.1) is 0 Å². The highest BCUT2D eigenvalue weighted by Crippen LogP contribution is 2.26. The fraction of sp³-hybridized carbons (Fsp3) is 0.533. The van der Waals surface area contributed by atoms with Crippen molar-refractivity contribution in [1.29, 1.82) is 0 Å². The van der Waals surface area contributed by atoms with Crippen molar-refractivity contribution in [3.8, 4) is 11.5 Å². The molecule has 0 bridgehead atoms. The minimum absolute atomic E-state index is 0.550. The number of hydrogen-bond acceptors (Lipinski definition) is 4. The molecule has 5 nitrogen and oxygen atoms in total. The molecule has 1 aromatic carbocycles. The molecule has 0 aromatic heterocycles. The standard InChI is InChI=1S/C15H23NO4/c1-4-8-19-13-7-6-12(10-16-5-2)14(9-13)20-11(3)15(17)18/h6-7,9,11,16H,4-5,8,10H2,1-3H3,(H,17,18). The molecule has 0 aliphatic carbocycles. The van der Waals surface area contributed by atoms with Gasteiger partial charge in [-0.3, -0.25) is 0 Å². The highest BCUT2D eigenvalue weighted by molar-refractivity contribution is 5.72. The maximum atomic E-state index is 10.9. The molecule has 1 rings (SSSR count). The second-order valence-corrected chi connectivity index (χ2v) is 4.50. The third kappa shape index (κ3) is 5.09. The zero-order valence-electron chi connectivity index (χ0n) is 12.3. The summed E-state index contributed by atoms with van der Waals surface area (Å²) in [5.41, 5.74) is 0.920. The molecule has 1 atom stereocenters. The summed E-state index contributed by atoms with van der Waals surface area (Å²) in [6.45, 7) is 7.65. The predicted octanol–water partition coefficient (Wildman–Crippen LogP) is 2.44. The molecule has 0 aliphatic rings. The lowest BCUT2D eigenvalue weighted by atomic mass is 10.2. The van der Waals surface area contributed by atoms with Crippen LogP contribution in [-0.4, -0.2) is 30.3 Å². The van der Waals surface area contributed by atoms with Gasteiger partial charge in [0.25, 0.3) is 0 Å². The molecule has 20 heavy (non-hydrogen) atoms. The Balaban J connectivity index is 2.89. The van der Waals surface area contributed by atoms with Crippen molar-refractivity contribution >= 4 is 5.97 Å². The van der Waals surface area contributed by atoms with E-state index < -0.39 is 12.1 Å². The summed E-state index contributed by atoms with van der Waals surface area (Å²) in [7, 11) is 0. The lowest BCUT2D eigenvalue weighted by Crippen LogP contribution is -2.24. The van der Waals surface area contributed by atoms with E-state index in [-0.39, 0.29) is 0 Å². The summed E-state index contributed by atoms with van der Waals surface area (Å²) in [4.78, 5) is 10.9. The van der Waals surface area contributed by atoms with E-state index in [0.717, 1.165) is 18.5 Å². The summed E-state index contributed by atoms with van der Waals surface area (Å²) in [6, 6.07) is 5.53. The predicted molar refractivity (Wildman–Crippen MR) is 77.3 cm³/mol. The summed E-state index contributed by atoms with van der Waals surface area (Å²) in [6.07, 6.45) is 0.0257. The molecule has 0 amide bonds. The Labute approximate surface area is 119 Å². The molecular formula is C15H23NO4. The number of ether oxygens (including phenoxy) is 2. The molecule has 0 radical (unpaired) electrons. The first-order chi connectivity index (χ1) is 9.58. The van der Waals surface area contributed by atoms with Crippen molar-refractivity contribution in [2.75, 3.05) is 13.2 Å². The first-order valence-electron chi connectivity index (χ1n) is 6.94. The SMILES string of the molecule is CCCOc1ccc(CNCC)c(OC(C)C(=O)O)c1. The number of carboxylic acids is 1. The van der Waals surface area contributed by atoms with Gasteiger partial charge in [-0.25, -0.2) is 4.79 Å². The quantitative estimate of drug-likeness (QED) is 0.727. The summed E-state index contributed by atoms with van der Waals surface area (Å²) < 4.78 is 11.1. The van der Waals surface area contributed by atoms with Gasteiger partial charge in [-0.1, -0.05) is 19.9 Å². The Morgan fingerprint density at radius 3 is 2.75 bits per heavy atom. The number of rotatable bonds is 9. The number of nitrogens with one attached hydrogen (secondary N) is 1. The smallest absolute Gasteiger partial charge is 0.344 e. The molecule has 0 saturated carbocycles. The van der Waals surface area contributed by atoms with Crippen LogP contribution in [0.25, 0.3) is 0 Å². The summed E-state index contributed by atoms with van der Waals surface area (Å²) >= 11 is 0. The van der Waals surface area contributed by atoms with E-state index in [2.05, 4.69) is 5.32 Å². The van der Waals surface area contributed by atoms with Gasteiger partial charge in [0.15, 0.2) is 6.10 Å². The Kier molecular flexibility index (Phi) is 6.87. The minimum atomic E-state index is -0.987. The van der Waals surface area contributed by atoms with Gasteiger partial charge in [-0.05, 0) is 26.0 Å². The molecule has 0 aliphatic heterocycles. The number of aliphatic carboxylic acids is 1. The molecule has 1 unspecified atom stereocenters. The summed E-state index contributed by atoms with van der Waals surface area (Å²) in [5, 5.41) is 12.2. The van der Waals surface area contributed by atoms with Gasteiger partial charge in [-0.2, -0.15) is 0 Å². The van der Waals surface area contributed by atoms with E-state index >= 15 is 0 Å². The normalized spacial score (nSPS) is 11.9. The molecule has 0 saturated heterocycles. The van der Waals surface area contributed by atoms with Crippen molar-refractivity contribution in [3.05, 3.63) is 23.8 Å². The molecule has 0 heterocycles. The van der Waals surface area contributed by atoms with Crippen LogP contribution in [0.4, 0.5) is 0 Å². The van der Waals surface area contributed by atoms with Crippen LogP contribution >= 0.6 is 0 Å². The Bertz CT molecular complexity index is 434. The molecule has 5 heteroatoms. The second kappa shape index (κ2) is 8.43. The first-order valence-corrected chi connectivity index (χ1v) is 6.94. The van der Waals surface area contributed by atoms with E-state index in [1.165, 1.54) is 6.92 Å². The van der Waals surface area contributed by atoms with Crippen LogP contribution in [-0.2, 0) is 11.3 Å². The van der Waals surface area contributed by atoms with Crippen LogP contribution in [0.2, 0.25) is 0 Å². The minimum Gasteiger partial charge on any atom is -0.493 e. The lowest BCUT2D eigenvalue weighted by molar-refractivity contribution is -0.144. The van der Waals surface area contributed by atoms with Crippen LogP contribution in [0, 0.1) is 0 Å². The second-order valence-electron chi connectivity index (χ2n) is 4.50. The monoisotopic (exact) mass is 281 g/mol. The van der Waals surface area contributed by atoms with Gasteiger partial charge < -0.3 is 19.9 Å². The number of carbonyl (C=O) groups is 1. The van der Waals surface area contributed by atoms with Crippen LogP contribution < -0.4 is 14.8 Å². The van der Waals surface area contributed by atoms with Crippen molar-refractivity contribution in [2.24, 2.45) is 0 Å². The van der Waals surface area contributed by atoms with Crippen LogP contribution in [0.5, 0.6) is 11.5 Å². The zero-order chi connectivity index (χ0) is 15.0. The topological polar surface area (TPSA) is 67.8 Å². The maximum absolute atomic E-state index is 10.9. The van der Waals surface area contributed by atoms with Crippen LogP contribution in [0.3, 0.4) is 0 Å². The first kappa shape index (κ1) is 16.3. The summed E-state index contributed by atoms with van der Waals surface area (Å²) in [5.74, 6) is 0.258. The van der Waals surface area contributed by atoms with Gasteiger partial charge in [0.1, 0.15) is 11.5 Å². The fourth-order valence-corrected chi connectivity index (χ4v) is 1.60. The molecule has 1 aromatic rings. The van der Waals surface area contributed by atoms with E-state index in [1.807, 2.05) is 26.0 Å². The van der Waals surface area contributed by atoms with Crippen molar-refractivity contribution in [3.63, 3.8) is 0 Å². The van der Waals surface area contributed by atoms with E-state index in [1.54, 1.807) is 6.07 Å². The van der Waals surface area contributed by atoms with Crippen LogP contribution in [0.1, 0.15) is 32.8 Å². The van der Waals surface area contributed by atoms with E-state index in [9.17, 15) is 4.79 Å². The third-order valence-electron chi connectivity index (χ3n) is 2.73. The van der Waals surface area contributed by atoms with E-state index in [0.29, 0.717) is 24.7 Å². The van der Waals surface area contributed by atoms with Crippen molar-refractivity contribution in [2.45, 2.75) is 39.8 Å². The van der Waals surface area contributed by atoms with Gasteiger partial charge in [0.05, 0.1) is 6.61 Å². The fourth-order valence-electron chi connectivity index (χ4n) is 1.60. The highest BCUT2D eigenvalue weighted by Gasteiger charge is 2.15. The molecular weight excluding hydrogens is 258 g/mol. The lowest BCUT2D eigenvalue weighted by Gasteiger charge is -2.16. The highest BCUT2D eigenvalue weighted by atomic mass is 16.5. The number of carboxylic acid groups (broad SMARTS) is 1. The van der Waals surface area contributed by atoms with Gasteiger partial charge in [0, 0.05) is 18.2 Å². The van der Waals surface area contributed by atoms with Crippen molar-refractivity contribution < 1.29 is 19.4 Å². The largest absolute Gasteiger partial charge is 0.493 e. The Morgan fingerprint density at radius 1 is 1.40 bits per heavy atom. The Morgan fingerprint density at radius 2 is 2.15 bits per heavy atom.